The van der Waals surface area contributed by atoms with Crippen LogP contribution in [0.25, 0.3) is 0 Å². The predicted molar refractivity (Wildman–Crippen MR) is 93.1 cm³/mol. The third kappa shape index (κ3) is 3.10. The lowest BCUT2D eigenvalue weighted by Crippen LogP contribution is -2.40. The standard InChI is InChI=1S/C18H14Cl2FNO3/c19-12-5-6-15(14(20)10-12)25-11-18-7-2-1-4-13(18)16(23)22(17(18)24)9-3-8-21/h1-8,10,13H,9,11H2/b8-3-. The van der Waals surface area contributed by atoms with Crippen molar-refractivity contribution in [2.45, 2.75) is 0 Å². The van der Waals surface area contributed by atoms with Gasteiger partial charge in [0.1, 0.15) is 17.8 Å². The van der Waals surface area contributed by atoms with Gasteiger partial charge in [0.15, 0.2) is 0 Å². The van der Waals surface area contributed by atoms with Gasteiger partial charge in [-0.25, -0.2) is 4.39 Å². The number of fused-ring (bicyclic) bond motifs is 1. The number of ether oxygens (including phenoxy) is 1. The van der Waals surface area contributed by atoms with E-state index < -0.39 is 17.2 Å². The molecule has 2 aliphatic rings. The first-order valence-corrected chi connectivity index (χ1v) is 8.30. The van der Waals surface area contributed by atoms with E-state index in [-0.39, 0.29) is 19.1 Å². The molecule has 1 saturated heterocycles. The molecule has 25 heavy (non-hydrogen) atoms. The Kier molecular flexibility index (Phi) is 4.97. The summed E-state index contributed by atoms with van der Waals surface area (Å²) in [4.78, 5) is 26.5. The monoisotopic (exact) mass is 381 g/mol. The van der Waals surface area contributed by atoms with Crippen molar-refractivity contribution in [2.24, 2.45) is 11.3 Å². The molecule has 2 unspecified atom stereocenters. The molecule has 0 bridgehead atoms. The fraction of sp³-hybridized carbons (Fsp3) is 0.222. The first-order chi connectivity index (χ1) is 12.0. The first kappa shape index (κ1) is 17.7. The van der Waals surface area contributed by atoms with E-state index in [1.807, 2.05) is 0 Å². The summed E-state index contributed by atoms with van der Waals surface area (Å²) in [6.07, 6.45) is 8.14. The van der Waals surface area contributed by atoms with Gasteiger partial charge in [-0.05, 0) is 24.3 Å². The molecule has 0 aromatic heterocycles. The molecule has 2 amide bonds. The average molecular weight is 382 g/mol. The quantitative estimate of drug-likeness (QED) is 0.725. The number of hydrogen-bond acceptors (Lipinski definition) is 3. The molecule has 4 nitrogen and oxygen atoms in total. The number of imide groups is 1. The van der Waals surface area contributed by atoms with Gasteiger partial charge in [0.05, 0.1) is 17.3 Å². The van der Waals surface area contributed by atoms with Crippen LogP contribution in [0.1, 0.15) is 0 Å². The third-order valence-corrected chi connectivity index (χ3v) is 4.81. The van der Waals surface area contributed by atoms with E-state index in [0.717, 1.165) is 11.0 Å². The number of benzene rings is 1. The minimum Gasteiger partial charge on any atom is -0.491 e. The van der Waals surface area contributed by atoms with E-state index in [2.05, 4.69) is 0 Å². The predicted octanol–water partition coefficient (Wildman–Crippen LogP) is 3.95. The Morgan fingerprint density at radius 3 is 2.80 bits per heavy atom. The van der Waals surface area contributed by atoms with Crippen molar-refractivity contribution in [3.8, 4) is 5.75 Å². The van der Waals surface area contributed by atoms with Crippen LogP contribution < -0.4 is 4.74 Å². The number of nitrogens with zero attached hydrogens (tertiary/aromatic N) is 1. The topological polar surface area (TPSA) is 46.6 Å². The number of hydrogen-bond donors (Lipinski definition) is 0. The lowest BCUT2D eigenvalue weighted by Gasteiger charge is -2.28. The molecular weight excluding hydrogens is 368 g/mol. The number of carbonyl (C=O) groups is 2. The second kappa shape index (κ2) is 7.02. The third-order valence-electron chi connectivity index (χ3n) is 4.28. The minimum absolute atomic E-state index is 0.0692. The van der Waals surface area contributed by atoms with E-state index in [1.54, 1.807) is 36.4 Å². The second-order valence-electron chi connectivity index (χ2n) is 5.74. The van der Waals surface area contributed by atoms with Crippen LogP contribution in [0.5, 0.6) is 5.75 Å². The Hall–Kier alpha value is -2.11. The smallest absolute Gasteiger partial charge is 0.244 e. The SMILES string of the molecule is O=C1C2C=CC=CC2(COc2ccc(Cl)cc2Cl)C(=O)N1C/C=C\F. The normalized spacial score (nSPS) is 25.1. The highest BCUT2D eigenvalue weighted by molar-refractivity contribution is 6.35. The molecule has 1 aromatic rings. The van der Waals surface area contributed by atoms with Crippen LogP contribution in [0.3, 0.4) is 0 Å². The Labute approximate surface area is 154 Å². The lowest BCUT2D eigenvalue weighted by molar-refractivity contribution is -0.140. The Balaban J connectivity index is 1.88. The fourth-order valence-corrected chi connectivity index (χ4v) is 3.47. The Morgan fingerprint density at radius 1 is 1.28 bits per heavy atom. The molecule has 1 aromatic carbocycles. The molecule has 2 atom stereocenters. The van der Waals surface area contributed by atoms with Gasteiger partial charge in [0, 0.05) is 11.6 Å². The summed E-state index contributed by atoms with van der Waals surface area (Å²) in [6.45, 7) is -0.184. The maximum atomic E-state index is 12.9. The van der Waals surface area contributed by atoms with Gasteiger partial charge in [-0.1, -0.05) is 47.5 Å². The van der Waals surface area contributed by atoms with E-state index in [9.17, 15) is 14.0 Å². The molecule has 1 fully saturated rings. The van der Waals surface area contributed by atoms with E-state index >= 15 is 0 Å². The highest BCUT2D eigenvalue weighted by Gasteiger charge is 2.57. The molecule has 7 heteroatoms. The van der Waals surface area contributed by atoms with Crippen molar-refractivity contribution in [3.05, 3.63) is 65.0 Å². The van der Waals surface area contributed by atoms with Crippen LogP contribution in [0.2, 0.25) is 10.0 Å². The Bertz CT molecular complexity index is 806. The van der Waals surface area contributed by atoms with E-state index in [4.69, 9.17) is 27.9 Å². The van der Waals surface area contributed by atoms with Crippen LogP contribution in [0, 0.1) is 11.3 Å². The largest absolute Gasteiger partial charge is 0.491 e. The molecule has 130 valence electrons. The van der Waals surface area contributed by atoms with Gasteiger partial charge >= 0.3 is 0 Å². The van der Waals surface area contributed by atoms with Gasteiger partial charge in [0.2, 0.25) is 11.8 Å². The van der Waals surface area contributed by atoms with Crippen LogP contribution in [0.15, 0.2) is 54.9 Å². The van der Waals surface area contributed by atoms with E-state index in [0.29, 0.717) is 22.1 Å². The molecule has 0 saturated carbocycles. The summed E-state index contributed by atoms with van der Waals surface area (Å²) in [7, 11) is 0. The van der Waals surface area contributed by atoms with Crippen molar-refractivity contribution < 1.29 is 18.7 Å². The second-order valence-corrected chi connectivity index (χ2v) is 6.58. The van der Waals surface area contributed by atoms with Crippen LogP contribution in [0.4, 0.5) is 4.39 Å². The van der Waals surface area contributed by atoms with Gasteiger partial charge in [-0.3, -0.25) is 14.5 Å². The van der Waals surface area contributed by atoms with Crippen LogP contribution in [-0.4, -0.2) is 29.9 Å². The summed E-state index contributed by atoms with van der Waals surface area (Å²) in [5.41, 5.74) is -1.17. The summed E-state index contributed by atoms with van der Waals surface area (Å²) < 4.78 is 18.0. The van der Waals surface area contributed by atoms with Gasteiger partial charge < -0.3 is 4.74 Å². The first-order valence-electron chi connectivity index (χ1n) is 7.54. The van der Waals surface area contributed by atoms with Gasteiger partial charge in [0.25, 0.3) is 0 Å². The number of likely N-dealkylation sites (tertiary alicyclic amines) is 1. The summed E-state index contributed by atoms with van der Waals surface area (Å²) in [6, 6.07) is 4.75. The number of amides is 2. The Morgan fingerprint density at radius 2 is 2.08 bits per heavy atom. The van der Waals surface area contributed by atoms with Gasteiger partial charge in [-0.15, -0.1) is 0 Å². The van der Waals surface area contributed by atoms with Crippen molar-refractivity contribution in [1.82, 2.24) is 4.90 Å². The average Bonchev–Trinajstić information content (AvgIpc) is 2.81. The zero-order chi connectivity index (χ0) is 18.0. The summed E-state index contributed by atoms with van der Waals surface area (Å²) >= 11 is 12.0. The number of rotatable bonds is 5. The number of carbonyl (C=O) groups excluding carboxylic acids is 2. The van der Waals surface area contributed by atoms with E-state index in [1.165, 1.54) is 6.07 Å². The molecule has 0 spiro atoms. The highest BCUT2D eigenvalue weighted by atomic mass is 35.5. The lowest BCUT2D eigenvalue weighted by atomic mass is 9.75. The summed E-state index contributed by atoms with van der Waals surface area (Å²) in [5, 5.41) is 0.773. The summed E-state index contributed by atoms with van der Waals surface area (Å²) in [5.74, 6) is -1.13. The highest BCUT2D eigenvalue weighted by Crippen LogP contribution is 2.43. The van der Waals surface area contributed by atoms with Crippen molar-refractivity contribution in [1.29, 1.82) is 0 Å². The van der Waals surface area contributed by atoms with Crippen molar-refractivity contribution in [2.75, 3.05) is 13.2 Å². The molecule has 0 radical (unpaired) electrons. The maximum absolute atomic E-state index is 12.9. The molecule has 1 aliphatic carbocycles. The molecule has 3 rings (SSSR count). The van der Waals surface area contributed by atoms with Crippen LogP contribution in [-0.2, 0) is 9.59 Å². The minimum atomic E-state index is -1.17. The fourth-order valence-electron chi connectivity index (χ4n) is 3.01. The molecular formula is C18H14Cl2FNO3. The van der Waals surface area contributed by atoms with Crippen molar-refractivity contribution in [3.63, 3.8) is 0 Å². The zero-order valence-corrected chi connectivity index (χ0v) is 14.5. The zero-order valence-electron chi connectivity index (χ0n) is 13.0. The molecule has 0 N–H and O–H groups in total. The number of allylic oxidation sites excluding steroid dienone is 2. The molecule has 1 heterocycles. The van der Waals surface area contributed by atoms with Gasteiger partial charge in [-0.2, -0.15) is 0 Å². The van der Waals surface area contributed by atoms with Crippen LogP contribution >= 0.6 is 23.2 Å². The number of halogens is 3. The molecule has 1 aliphatic heterocycles. The maximum Gasteiger partial charge on any atom is 0.244 e. The van der Waals surface area contributed by atoms with Crippen molar-refractivity contribution >= 4 is 35.0 Å².